The van der Waals surface area contributed by atoms with Crippen LogP contribution in [0.15, 0.2) is 60.7 Å². The molecule has 2 heterocycles. The molecule has 0 bridgehead atoms. The summed E-state index contributed by atoms with van der Waals surface area (Å²) < 4.78 is 16.2. The van der Waals surface area contributed by atoms with Crippen molar-refractivity contribution in [2.75, 3.05) is 25.2 Å². The van der Waals surface area contributed by atoms with E-state index < -0.39 is 23.7 Å². The predicted molar refractivity (Wildman–Crippen MR) is 152 cm³/mol. The third-order valence-electron chi connectivity index (χ3n) is 6.28. The summed E-state index contributed by atoms with van der Waals surface area (Å²) in [5.74, 6) is -1.44. The molecule has 0 radical (unpaired) electrons. The normalized spacial score (nSPS) is 16.2. The third-order valence-corrected chi connectivity index (χ3v) is 7.42. The summed E-state index contributed by atoms with van der Waals surface area (Å²) in [4.78, 5) is 45.1. The summed E-state index contributed by atoms with van der Waals surface area (Å²) in [6, 6.07) is 10.9. The summed E-state index contributed by atoms with van der Waals surface area (Å²) in [7, 11) is 1.25. The largest absolute Gasteiger partial charge is 0.507 e. The Hall–Kier alpha value is -4.44. The number of anilines is 1. The van der Waals surface area contributed by atoms with Crippen LogP contribution < -0.4 is 14.4 Å². The smallest absolute Gasteiger partial charge is 0.350 e. The van der Waals surface area contributed by atoms with Crippen molar-refractivity contribution in [1.82, 2.24) is 4.98 Å². The van der Waals surface area contributed by atoms with E-state index in [1.54, 1.807) is 55.5 Å². The quantitative estimate of drug-likeness (QED) is 0.113. The van der Waals surface area contributed by atoms with Gasteiger partial charge in [0.05, 0.1) is 31.0 Å². The van der Waals surface area contributed by atoms with Crippen LogP contribution in [0.2, 0.25) is 0 Å². The molecule has 0 spiro atoms. The van der Waals surface area contributed by atoms with Crippen molar-refractivity contribution in [3.05, 3.63) is 88.0 Å². The number of ether oxygens (including phenoxy) is 3. The molecule has 1 atom stereocenters. The topological polar surface area (TPSA) is 115 Å². The van der Waals surface area contributed by atoms with Crippen LogP contribution in [0, 0.1) is 13.8 Å². The van der Waals surface area contributed by atoms with E-state index in [1.807, 2.05) is 13.8 Å². The summed E-state index contributed by atoms with van der Waals surface area (Å²) in [5.41, 5.74) is 1.93. The molecule has 1 unspecified atom stereocenters. The van der Waals surface area contributed by atoms with Gasteiger partial charge in [-0.25, -0.2) is 9.78 Å². The molecule has 4 rings (SSSR count). The Morgan fingerprint density at radius 1 is 1.15 bits per heavy atom. The molecule has 2 aromatic carbocycles. The van der Waals surface area contributed by atoms with Gasteiger partial charge in [0.2, 0.25) is 0 Å². The zero-order valence-electron chi connectivity index (χ0n) is 22.7. The zero-order valence-corrected chi connectivity index (χ0v) is 23.5. The van der Waals surface area contributed by atoms with Gasteiger partial charge in [-0.15, -0.1) is 0 Å². The lowest BCUT2D eigenvalue weighted by atomic mass is 9.95. The molecular formula is C30H30N2O7S. The van der Waals surface area contributed by atoms with E-state index in [0.29, 0.717) is 41.5 Å². The maximum absolute atomic E-state index is 13.5. The van der Waals surface area contributed by atoms with E-state index in [2.05, 4.69) is 11.6 Å². The monoisotopic (exact) mass is 562 g/mol. The van der Waals surface area contributed by atoms with Crippen LogP contribution in [-0.4, -0.2) is 48.1 Å². The van der Waals surface area contributed by atoms with E-state index in [9.17, 15) is 19.5 Å². The van der Waals surface area contributed by atoms with Crippen LogP contribution in [0.1, 0.15) is 51.4 Å². The number of carbonyl (C=O) groups is 3. The van der Waals surface area contributed by atoms with Crippen molar-refractivity contribution in [2.45, 2.75) is 33.2 Å². The highest BCUT2D eigenvalue weighted by Gasteiger charge is 2.48. The Morgan fingerprint density at radius 3 is 2.50 bits per heavy atom. The van der Waals surface area contributed by atoms with Crippen molar-refractivity contribution in [3.8, 4) is 11.5 Å². The molecule has 0 aliphatic carbocycles. The fraction of sp³-hybridized carbons (Fsp3) is 0.267. The van der Waals surface area contributed by atoms with Crippen molar-refractivity contribution >= 4 is 39.9 Å². The number of aliphatic hydroxyl groups is 1. The average Bonchev–Trinajstić information content (AvgIpc) is 3.46. The second-order valence-electron chi connectivity index (χ2n) is 9.07. The number of nitrogens with zero attached hydrogens (tertiary/aromatic N) is 2. The van der Waals surface area contributed by atoms with Gasteiger partial charge >= 0.3 is 11.9 Å². The van der Waals surface area contributed by atoms with Gasteiger partial charge in [-0.1, -0.05) is 43.0 Å². The van der Waals surface area contributed by atoms with Gasteiger partial charge in [0.15, 0.2) is 5.13 Å². The van der Waals surface area contributed by atoms with Crippen LogP contribution in [0.25, 0.3) is 5.76 Å². The van der Waals surface area contributed by atoms with Gasteiger partial charge in [-0.2, -0.15) is 0 Å². The number of carbonyl (C=O) groups excluding carboxylic acids is 3. The molecule has 1 N–H and O–H groups in total. The number of aliphatic hydroxyl groups excluding tert-OH is 1. The first-order valence-electron chi connectivity index (χ1n) is 12.7. The Balaban J connectivity index is 1.86. The molecule has 40 heavy (non-hydrogen) atoms. The van der Waals surface area contributed by atoms with Gasteiger partial charge in [0, 0.05) is 5.56 Å². The molecule has 10 heteroatoms. The Labute approximate surface area is 236 Å². The lowest BCUT2D eigenvalue weighted by molar-refractivity contribution is -0.132. The third kappa shape index (κ3) is 5.48. The van der Waals surface area contributed by atoms with E-state index in [4.69, 9.17) is 14.2 Å². The second-order valence-corrected chi connectivity index (χ2v) is 10.0. The van der Waals surface area contributed by atoms with Crippen LogP contribution in [0.5, 0.6) is 11.5 Å². The number of methoxy groups -OCH3 is 1. The molecule has 3 aromatic rings. The molecule has 9 nitrogen and oxygen atoms in total. The zero-order chi connectivity index (χ0) is 29.0. The number of benzene rings is 2. The van der Waals surface area contributed by atoms with Crippen LogP contribution in [-0.2, 0) is 14.3 Å². The first kappa shape index (κ1) is 28.6. The van der Waals surface area contributed by atoms with Crippen LogP contribution >= 0.6 is 11.3 Å². The van der Waals surface area contributed by atoms with Crippen molar-refractivity contribution in [3.63, 3.8) is 0 Å². The SMILES string of the molecule is C=CCOc1ccc(C2/C(=C(\O)c3ccc(OCCC)c(C)c3)C(=O)C(=O)N2c2nc(C)c(C(=O)OC)s2)cc1. The minimum Gasteiger partial charge on any atom is -0.507 e. The molecular weight excluding hydrogens is 532 g/mol. The number of hydrogen-bond donors (Lipinski definition) is 1. The van der Waals surface area contributed by atoms with E-state index in [0.717, 1.165) is 23.3 Å². The van der Waals surface area contributed by atoms with E-state index in [1.165, 1.54) is 12.0 Å². The van der Waals surface area contributed by atoms with E-state index in [-0.39, 0.29) is 21.3 Å². The minimum atomic E-state index is -1.01. The number of thiazole rings is 1. The molecule has 1 amide bonds. The molecule has 1 aromatic heterocycles. The number of aryl methyl sites for hydroxylation is 2. The van der Waals surface area contributed by atoms with Crippen LogP contribution in [0.4, 0.5) is 5.13 Å². The number of aromatic nitrogens is 1. The maximum Gasteiger partial charge on any atom is 0.350 e. The highest BCUT2D eigenvalue weighted by molar-refractivity contribution is 7.17. The van der Waals surface area contributed by atoms with Crippen molar-refractivity contribution in [1.29, 1.82) is 0 Å². The highest BCUT2D eigenvalue weighted by atomic mass is 32.1. The molecule has 1 fully saturated rings. The van der Waals surface area contributed by atoms with Crippen molar-refractivity contribution in [2.24, 2.45) is 0 Å². The lowest BCUT2D eigenvalue weighted by Gasteiger charge is -2.23. The first-order valence-corrected chi connectivity index (χ1v) is 13.5. The van der Waals surface area contributed by atoms with Gasteiger partial charge in [-0.3, -0.25) is 14.5 Å². The van der Waals surface area contributed by atoms with Gasteiger partial charge in [-0.05, 0) is 61.7 Å². The number of amides is 1. The Kier molecular flexibility index (Phi) is 8.69. The molecule has 208 valence electrons. The Morgan fingerprint density at radius 2 is 1.88 bits per heavy atom. The molecule has 1 aliphatic rings. The summed E-state index contributed by atoms with van der Waals surface area (Å²) in [6.07, 6.45) is 2.46. The first-order chi connectivity index (χ1) is 19.2. The van der Waals surface area contributed by atoms with E-state index >= 15 is 0 Å². The number of Topliss-reactive ketones (excluding diaryl/α,β-unsaturated/α-hetero) is 1. The van der Waals surface area contributed by atoms with Gasteiger partial charge in [0.25, 0.3) is 5.78 Å². The maximum atomic E-state index is 13.5. The highest BCUT2D eigenvalue weighted by Crippen LogP contribution is 2.44. The fourth-order valence-corrected chi connectivity index (χ4v) is 5.35. The second kappa shape index (κ2) is 12.2. The number of hydrogen-bond acceptors (Lipinski definition) is 9. The number of ketones is 1. The predicted octanol–water partition coefficient (Wildman–Crippen LogP) is 5.53. The molecule has 1 saturated heterocycles. The lowest BCUT2D eigenvalue weighted by Crippen LogP contribution is -2.29. The summed E-state index contributed by atoms with van der Waals surface area (Å²) in [6.45, 7) is 9.96. The number of esters is 1. The van der Waals surface area contributed by atoms with Crippen LogP contribution in [0.3, 0.4) is 0 Å². The van der Waals surface area contributed by atoms with Gasteiger partial charge in [0.1, 0.15) is 28.7 Å². The standard InChI is InChI=1S/C30H30N2O7S/c1-6-14-38-21-11-8-19(9-12-21)24-23(25(33)20-10-13-22(17(3)16-20)39-15-7-2)26(34)28(35)32(24)30-31-18(4)27(40-30)29(36)37-5/h6,8-13,16,24,33H,1,7,14-15H2,2-5H3/b25-23+. The summed E-state index contributed by atoms with van der Waals surface area (Å²) in [5, 5.41) is 11.6. The minimum absolute atomic E-state index is 0.0983. The molecule has 0 saturated carbocycles. The fourth-order valence-electron chi connectivity index (χ4n) is 4.34. The summed E-state index contributed by atoms with van der Waals surface area (Å²) >= 11 is 0.940. The van der Waals surface area contributed by atoms with Gasteiger partial charge < -0.3 is 19.3 Å². The Bertz CT molecular complexity index is 1490. The average molecular weight is 563 g/mol. The molecule has 1 aliphatic heterocycles. The van der Waals surface area contributed by atoms with Crippen molar-refractivity contribution < 1.29 is 33.7 Å². The number of rotatable bonds is 10.